The van der Waals surface area contributed by atoms with E-state index in [1.807, 2.05) is 0 Å². The molecule has 4 heteroatoms. The lowest BCUT2D eigenvalue weighted by Gasteiger charge is -2.21. The number of aliphatic hydroxyl groups is 2. The molecule has 0 aromatic heterocycles. The number of hydrogen-bond donors (Lipinski definition) is 2. The molecule has 0 saturated carbocycles. The van der Waals surface area contributed by atoms with E-state index >= 15 is 0 Å². The van der Waals surface area contributed by atoms with Crippen molar-refractivity contribution in [2.75, 3.05) is 0 Å². The summed E-state index contributed by atoms with van der Waals surface area (Å²) < 4.78 is 26.1. The lowest BCUT2D eigenvalue weighted by Crippen LogP contribution is -2.32. The van der Waals surface area contributed by atoms with E-state index in [2.05, 4.69) is 0 Å². The summed E-state index contributed by atoms with van der Waals surface area (Å²) in [6.45, 7) is 3.49. The lowest BCUT2D eigenvalue weighted by molar-refractivity contribution is -0.00771. The fraction of sp³-hybridized carbons (Fsp3) is 0.500. The van der Waals surface area contributed by atoms with Gasteiger partial charge in [0.25, 0.3) is 0 Å². The topological polar surface area (TPSA) is 40.5 Å². The molecule has 2 atom stereocenters. The van der Waals surface area contributed by atoms with Gasteiger partial charge in [0.1, 0.15) is 11.6 Å². The van der Waals surface area contributed by atoms with Gasteiger partial charge in [-0.05, 0) is 29.7 Å². The van der Waals surface area contributed by atoms with Crippen molar-refractivity contribution in [2.24, 2.45) is 5.92 Å². The summed E-state index contributed by atoms with van der Waals surface area (Å²) in [5, 5.41) is 19.2. The van der Waals surface area contributed by atoms with E-state index in [4.69, 9.17) is 0 Å². The predicted octanol–water partition coefficient (Wildman–Crippen LogP) is 1.89. The van der Waals surface area contributed by atoms with Crippen LogP contribution in [-0.2, 0) is 6.42 Å². The van der Waals surface area contributed by atoms with Crippen molar-refractivity contribution in [3.05, 3.63) is 35.4 Å². The normalized spacial score (nSPS) is 15.2. The van der Waals surface area contributed by atoms with Crippen LogP contribution in [0, 0.1) is 17.6 Å². The van der Waals surface area contributed by atoms with Gasteiger partial charge in [-0.1, -0.05) is 13.8 Å². The average molecular weight is 230 g/mol. The van der Waals surface area contributed by atoms with E-state index in [1.54, 1.807) is 13.8 Å². The van der Waals surface area contributed by atoms with Crippen LogP contribution in [-0.4, -0.2) is 22.4 Å². The van der Waals surface area contributed by atoms with Crippen molar-refractivity contribution < 1.29 is 19.0 Å². The Hall–Kier alpha value is -1.00. The van der Waals surface area contributed by atoms with Crippen LogP contribution in [0.2, 0.25) is 0 Å². The van der Waals surface area contributed by atoms with Crippen LogP contribution in [0.4, 0.5) is 8.78 Å². The Balaban J connectivity index is 2.76. The summed E-state index contributed by atoms with van der Waals surface area (Å²) in [6, 6.07) is 3.06. The van der Waals surface area contributed by atoms with Crippen molar-refractivity contribution in [2.45, 2.75) is 32.5 Å². The van der Waals surface area contributed by atoms with E-state index in [1.165, 1.54) is 0 Å². The molecule has 0 radical (unpaired) electrons. The zero-order valence-corrected chi connectivity index (χ0v) is 9.32. The van der Waals surface area contributed by atoms with Gasteiger partial charge in [-0.3, -0.25) is 0 Å². The summed E-state index contributed by atoms with van der Waals surface area (Å²) in [5.41, 5.74) is 0.0761. The van der Waals surface area contributed by atoms with Gasteiger partial charge in [0.05, 0.1) is 12.2 Å². The first-order valence-electron chi connectivity index (χ1n) is 5.22. The Kier molecular flexibility index (Phi) is 4.38. The van der Waals surface area contributed by atoms with Gasteiger partial charge in [0.2, 0.25) is 0 Å². The predicted molar refractivity (Wildman–Crippen MR) is 56.9 cm³/mol. The van der Waals surface area contributed by atoms with Gasteiger partial charge in [-0.2, -0.15) is 0 Å². The van der Waals surface area contributed by atoms with Gasteiger partial charge in [0, 0.05) is 6.42 Å². The molecule has 2 N–H and O–H groups in total. The highest BCUT2D eigenvalue weighted by Crippen LogP contribution is 2.15. The molecule has 0 fully saturated rings. The molecule has 0 aliphatic carbocycles. The van der Waals surface area contributed by atoms with Crippen molar-refractivity contribution in [1.29, 1.82) is 0 Å². The van der Waals surface area contributed by atoms with Gasteiger partial charge in [-0.15, -0.1) is 0 Å². The number of aliphatic hydroxyl groups excluding tert-OH is 2. The van der Waals surface area contributed by atoms with Crippen LogP contribution >= 0.6 is 0 Å². The zero-order chi connectivity index (χ0) is 12.3. The molecule has 2 nitrogen and oxygen atoms in total. The molecular formula is C12H16F2O2. The smallest absolute Gasteiger partial charge is 0.126 e. The zero-order valence-electron chi connectivity index (χ0n) is 9.32. The molecule has 1 aromatic rings. The van der Waals surface area contributed by atoms with Gasteiger partial charge < -0.3 is 10.2 Å². The molecule has 0 heterocycles. The summed E-state index contributed by atoms with van der Waals surface area (Å²) in [5.74, 6) is -1.26. The first-order chi connectivity index (χ1) is 7.41. The van der Waals surface area contributed by atoms with E-state index in [0.29, 0.717) is 0 Å². The van der Waals surface area contributed by atoms with Crippen LogP contribution in [0.3, 0.4) is 0 Å². The second-order valence-corrected chi connectivity index (χ2v) is 4.24. The average Bonchev–Trinajstić information content (AvgIpc) is 2.22. The lowest BCUT2D eigenvalue weighted by atomic mass is 9.96. The third kappa shape index (κ3) is 3.25. The van der Waals surface area contributed by atoms with Gasteiger partial charge in [0.15, 0.2) is 0 Å². The molecule has 0 saturated heterocycles. The second-order valence-electron chi connectivity index (χ2n) is 4.24. The third-order valence-electron chi connectivity index (χ3n) is 2.51. The fourth-order valence-corrected chi connectivity index (χ4v) is 1.49. The van der Waals surface area contributed by atoms with E-state index < -0.39 is 23.8 Å². The van der Waals surface area contributed by atoms with Crippen molar-refractivity contribution in [3.8, 4) is 0 Å². The largest absolute Gasteiger partial charge is 0.390 e. The van der Waals surface area contributed by atoms with Crippen LogP contribution < -0.4 is 0 Å². The number of rotatable bonds is 4. The maximum Gasteiger partial charge on any atom is 0.126 e. The molecule has 90 valence electrons. The summed E-state index contributed by atoms with van der Waals surface area (Å²) in [6.07, 6.45) is -2.12. The number of halogens is 2. The maximum absolute atomic E-state index is 13.2. The maximum atomic E-state index is 13.2. The Morgan fingerprint density at radius 2 is 1.81 bits per heavy atom. The number of hydrogen-bond acceptors (Lipinski definition) is 2. The third-order valence-corrected chi connectivity index (χ3v) is 2.51. The van der Waals surface area contributed by atoms with Crippen molar-refractivity contribution in [1.82, 2.24) is 0 Å². The molecule has 16 heavy (non-hydrogen) atoms. The van der Waals surface area contributed by atoms with E-state index in [0.717, 1.165) is 18.2 Å². The molecular weight excluding hydrogens is 214 g/mol. The fourth-order valence-electron chi connectivity index (χ4n) is 1.49. The molecule has 1 aromatic carbocycles. The minimum atomic E-state index is -1.09. The standard InChI is InChI=1S/C12H16F2O2/c1-7(2)12(16)11(15)6-8-5-9(13)3-4-10(8)14/h3-5,7,11-12,15-16H,6H2,1-2H3. The first kappa shape index (κ1) is 13.1. The molecule has 0 amide bonds. The Morgan fingerprint density at radius 3 is 2.38 bits per heavy atom. The Bertz CT molecular complexity index is 353. The van der Waals surface area contributed by atoms with E-state index in [-0.39, 0.29) is 17.9 Å². The highest BCUT2D eigenvalue weighted by molar-refractivity contribution is 5.19. The quantitative estimate of drug-likeness (QED) is 0.829. The Labute approximate surface area is 93.5 Å². The second kappa shape index (κ2) is 5.37. The minimum Gasteiger partial charge on any atom is -0.390 e. The van der Waals surface area contributed by atoms with Crippen molar-refractivity contribution in [3.63, 3.8) is 0 Å². The minimum absolute atomic E-state index is 0.0761. The van der Waals surface area contributed by atoms with Crippen LogP contribution in [0.1, 0.15) is 19.4 Å². The molecule has 0 bridgehead atoms. The molecule has 0 spiro atoms. The van der Waals surface area contributed by atoms with Crippen molar-refractivity contribution >= 4 is 0 Å². The summed E-state index contributed by atoms with van der Waals surface area (Å²) in [7, 11) is 0. The molecule has 1 rings (SSSR count). The summed E-state index contributed by atoms with van der Waals surface area (Å²) >= 11 is 0. The highest BCUT2D eigenvalue weighted by Gasteiger charge is 2.21. The van der Waals surface area contributed by atoms with Gasteiger partial charge in [-0.25, -0.2) is 8.78 Å². The van der Waals surface area contributed by atoms with Crippen LogP contribution in [0.15, 0.2) is 18.2 Å². The monoisotopic (exact) mass is 230 g/mol. The Morgan fingerprint density at radius 1 is 1.19 bits per heavy atom. The van der Waals surface area contributed by atoms with Gasteiger partial charge >= 0.3 is 0 Å². The molecule has 2 unspecified atom stereocenters. The molecule has 0 aliphatic rings. The molecule has 0 aliphatic heterocycles. The van der Waals surface area contributed by atoms with E-state index in [9.17, 15) is 19.0 Å². The highest BCUT2D eigenvalue weighted by atomic mass is 19.1. The van der Waals surface area contributed by atoms with Crippen LogP contribution in [0.25, 0.3) is 0 Å². The van der Waals surface area contributed by atoms with Crippen LogP contribution in [0.5, 0.6) is 0 Å². The first-order valence-corrected chi connectivity index (χ1v) is 5.22. The SMILES string of the molecule is CC(C)C(O)C(O)Cc1cc(F)ccc1F. The summed E-state index contributed by atoms with van der Waals surface area (Å²) in [4.78, 5) is 0. The number of benzene rings is 1.